The van der Waals surface area contributed by atoms with Crippen LogP contribution in [-0.4, -0.2) is 25.8 Å². The summed E-state index contributed by atoms with van der Waals surface area (Å²) in [6.45, 7) is 0.336. The molecule has 2 N–H and O–H groups in total. The van der Waals surface area contributed by atoms with Crippen LogP contribution in [0.4, 0.5) is 5.69 Å². The highest BCUT2D eigenvalue weighted by molar-refractivity contribution is 7.98. The number of anilines is 1. The monoisotopic (exact) mass is 246 g/mol. The lowest BCUT2D eigenvalue weighted by atomic mass is 10.3. The van der Waals surface area contributed by atoms with E-state index in [1.165, 1.54) is 0 Å². The van der Waals surface area contributed by atoms with E-state index in [-0.39, 0.29) is 18.3 Å². The lowest BCUT2D eigenvalue weighted by molar-refractivity contribution is -0.115. The Morgan fingerprint density at radius 2 is 2.07 bits per heavy atom. The largest absolute Gasteiger partial charge is 0.324 e. The first-order valence-corrected chi connectivity index (χ1v) is 5.58. The highest BCUT2D eigenvalue weighted by Crippen LogP contribution is 2.24. The van der Waals surface area contributed by atoms with Crippen molar-refractivity contribution in [2.75, 3.05) is 25.2 Å². The molecule has 0 aliphatic heterocycles. The van der Waals surface area contributed by atoms with Crippen molar-refractivity contribution in [3.63, 3.8) is 0 Å². The molecule has 0 radical (unpaired) electrons. The molecule has 0 aliphatic carbocycles. The van der Waals surface area contributed by atoms with Crippen LogP contribution in [0.2, 0.25) is 0 Å². The molecule has 1 amide bonds. The second-order valence-electron chi connectivity index (χ2n) is 2.78. The van der Waals surface area contributed by atoms with E-state index in [9.17, 15) is 4.79 Å². The van der Waals surface area contributed by atoms with Gasteiger partial charge in [-0.25, -0.2) is 0 Å². The third-order valence-electron chi connectivity index (χ3n) is 1.72. The minimum Gasteiger partial charge on any atom is -0.324 e. The van der Waals surface area contributed by atoms with E-state index in [1.54, 1.807) is 18.8 Å². The van der Waals surface area contributed by atoms with Crippen molar-refractivity contribution in [3.8, 4) is 0 Å². The van der Waals surface area contributed by atoms with Gasteiger partial charge in [-0.3, -0.25) is 4.79 Å². The van der Waals surface area contributed by atoms with Crippen molar-refractivity contribution in [2.24, 2.45) is 0 Å². The zero-order chi connectivity index (χ0) is 10.4. The number of para-hydroxylation sites is 1. The Balaban J connectivity index is 0.00000196. The molecule has 1 aromatic rings. The number of halogens is 1. The van der Waals surface area contributed by atoms with Crippen LogP contribution in [0.3, 0.4) is 0 Å². The van der Waals surface area contributed by atoms with Gasteiger partial charge in [0.15, 0.2) is 0 Å². The molecule has 1 aromatic carbocycles. The topological polar surface area (TPSA) is 41.1 Å². The number of thioether (sulfide) groups is 1. The summed E-state index contributed by atoms with van der Waals surface area (Å²) >= 11 is 1.62. The molecule has 0 saturated carbocycles. The Morgan fingerprint density at radius 3 is 2.67 bits per heavy atom. The quantitative estimate of drug-likeness (QED) is 0.799. The normalized spacial score (nSPS) is 9.20. The molecule has 0 unspecified atom stereocenters. The van der Waals surface area contributed by atoms with Gasteiger partial charge in [-0.15, -0.1) is 24.2 Å². The number of rotatable bonds is 4. The van der Waals surface area contributed by atoms with Crippen LogP contribution in [0, 0.1) is 0 Å². The average Bonchev–Trinajstić information content (AvgIpc) is 2.19. The van der Waals surface area contributed by atoms with Gasteiger partial charge in [0.25, 0.3) is 0 Å². The van der Waals surface area contributed by atoms with Crippen molar-refractivity contribution in [3.05, 3.63) is 24.3 Å². The number of hydrogen-bond acceptors (Lipinski definition) is 3. The summed E-state index contributed by atoms with van der Waals surface area (Å²) in [5.41, 5.74) is 0.875. The minimum atomic E-state index is -0.0194. The number of hydrogen-bond donors (Lipinski definition) is 2. The smallest absolute Gasteiger partial charge is 0.238 e. The van der Waals surface area contributed by atoms with Crippen LogP contribution in [0.15, 0.2) is 29.2 Å². The van der Waals surface area contributed by atoms with E-state index in [4.69, 9.17) is 0 Å². The van der Waals surface area contributed by atoms with E-state index in [1.807, 2.05) is 30.5 Å². The summed E-state index contributed by atoms with van der Waals surface area (Å²) in [6, 6.07) is 7.76. The Morgan fingerprint density at radius 1 is 1.40 bits per heavy atom. The fourth-order valence-corrected chi connectivity index (χ4v) is 1.66. The first-order valence-electron chi connectivity index (χ1n) is 4.35. The number of amides is 1. The Hall–Kier alpha value is -0.710. The predicted molar refractivity (Wildman–Crippen MR) is 68.0 cm³/mol. The summed E-state index contributed by atoms with van der Waals surface area (Å²) in [7, 11) is 1.75. The highest BCUT2D eigenvalue weighted by Gasteiger charge is 2.03. The first-order chi connectivity index (χ1) is 6.77. The maximum absolute atomic E-state index is 11.3. The highest BCUT2D eigenvalue weighted by atomic mass is 35.5. The van der Waals surface area contributed by atoms with Gasteiger partial charge in [-0.05, 0) is 25.4 Å². The number of nitrogens with one attached hydrogen (secondary N) is 2. The van der Waals surface area contributed by atoms with Gasteiger partial charge in [0.1, 0.15) is 0 Å². The van der Waals surface area contributed by atoms with Crippen LogP contribution < -0.4 is 10.6 Å². The third-order valence-corrected chi connectivity index (χ3v) is 2.51. The Labute approximate surface area is 100 Å². The number of carbonyl (C=O) groups excluding carboxylic acids is 1. The Kier molecular flexibility index (Phi) is 7.21. The Bertz CT molecular complexity index is 320. The van der Waals surface area contributed by atoms with Gasteiger partial charge in [-0.2, -0.15) is 0 Å². The summed E-state index contributed by atoms with van der Waals surface area (Å²) in [5.74, 6) is -0.0194. The van der Waals surface area contributed by atoms with Crippen LogP contribution >= 0.6 is 24.2 Å². The fourth-order valence-electron chi connectivity index (χ4n) is 1.10. The second-order valence-corrected chi connectivity index (χ2v) is 3.63. The van der Waals surface area contributed by atoms with Crippen LogP contribution in [-0.2, 0) is 4.79 Å². The molecule has 5 heteroatoms. The lowest BCUT2D eigenvalue weighted by Crippen LogP contribution is -2.25. The summed E-state index contributed by atoms with van der Waals surface area (Å²) in [5, 5.41) is 5.65. The van der Waals surface area contributed by atoms with E-state index in [2.05, 4.69) is 10.6 Å². The molecule has 0 saturated heterocycles. The van der Waals surface area contributed by atoms with Crippen LogP contribution in [0.1, 0.15) is 0 Å². The zero-order valence-electron chi connectivity index (χ0n) is 8.74. The molecule has 3 nitrogen and oxygen atoms in total. The maximum atomic E-state index is 11.3. The lowest BCUT2D eigenvalue weighted by Gasteiger charge is -2.08. The van der Waals surface area contributed by atoms with Gasteiger partial charge in [0, 0.05) is 4.90 Å². The average molecular weight is 247 g/mol. The van der Waals surface area contributed by atoms with E-state index >= 15 is 0 Å². The number of benzene rings is 1. The van der Waals surface area contributed by atoms with Gasteiger partial charge in [0.2, 0.25) is 5.91 Å². The van der Waals surface area contributed by atoms with Crippen molar-refractivity contribution >= 4 is 35.8 Å². The van der Waals surface area contributed by atoms with Gasteiger partial charge in [-0.1, -0.05) is 12.1 Å². The fraction of sp³-hybridized carbons (Fsp3) is 0.300. The van der Waals surface area contributed by atoms with Crippen molar-refractivity contribution in [1.82, 2.24) is 5.32 Å². The van der Waals surface area contributed by atoms with Crippen LogP contribution in [0.25, 0.3) is 0 Å². The molecule has 15 heavy (non-hydrogen) atoms. The maximum Gasteiger partial charge on any atom is 0.238 e. The second kappa shape index (κ2) is 7.56. The van der Waals surface area contributed by atoms with Crippen molar-refractivity contribution in [1.29, 1.82) is 0 Å². The van der Waals surface area contributed by atoms with Crippen molar-refractivity contribution < 1.29 is 4.79 Å². The predicted octanol–water partition coefficient (Wildman–Crippen LogP) is 1.99. The molecule has 0 atom stereocenters. The molecular weight excluding hydrogens is 232 g/mol. The standard InChI is InChI=1S/C10H14N2OS.ClH/c1-11-7-10(13)12-8-5-3-4-6-9(8)14-2;/h3-6,11H,7H2,1-2H3,(H,12,13);1H. The summed E-state index contributed by atoms with van der Waals surface area (Å²) in [4.78, 5) is 12.4. The molecule has 1 rings (SSSR count). The summed E-state index contributed by atoms with van der Waals surface area (Å²) in [6.07, 6.45) is 1.99. The van der Waals surface area contributed by atoms with E-state index < -0.39 is 0 Å². The molecule has 0 aliphatic rings. The molecular formula is C10H15ClN2OS. The van der Waals surface area contributed by atoms with Gasteiger partial charge < -0.3 is 10.6 Å². The van der Waals surface area contributed by atoms with Gasteiger partial charge in [0.05, 0.1) is 12.2 Å². The number of carbonyl (C=O) groups is 1. The SMILES string of the molecule is CNCC(=O)Nc1ccccc1SC.Cl. The molecule has 0 aromatic heterocycles. The number of likely N-dealkylation sites (N-methyl/N-ethyl adjacent to an activating group) is 1. The zero-order valence-corrected chi connectivity index (χ0v) is 10.4. The van der Waals surface area contributed by atoms with Crippen LogP contribution in [0.5, 0.6) is 0 Å². The van der Waals surface area contributed by atoms with Crippen molar-refractivity contribution in [2.45, 2.75) is 4.90 Å². The molecule has 0 bridgehead atoms. The molecule has 0 heterocycles. The minimum absolute atomic E-state index is 0. The third kappa shape index (κ3) is 4.55. The molecule has 84 valence electrons. The summed E-state index contributed by atoms with van der Waals surface area (Å²) < 4.78 is 0. The molecule has 0 fully saturated rings. The van der Waals surface area contributed by atoms with E-state index in [0.717, 1.165) is 10.6 Å². The first kappa shape index (κ1) is 14.3. The van der Waals surface area contributed by atoms with Gasteiger partial charge >= 0.3 is 0 Å². The van der Waals surface area contributed by atoms with E-state index in [0.29, 0.717) is 6.54 Å². The molecule has 0 spiro atoms.